The molecule has 1 saturated carbocycles. The zero-order chi connectivity index (χ0) is 27.9. The number of carbonyl (C=O) groups excluding carboxylic acids is 1. The molecule has 7 heteroatoms. The summed E-state index contributed by atoms with van der Waals surface area (Å²) in [5.74, 6) is -0.557. The minimum absolute atomic E-state index is 0.101. The SMILES string of the molecule is Cc1sc(N(Cc2ccc(C(=O)NCCC(=O)O)cc2)c2ccc(C3CCCCC3)cc2)nc1-c1ccccc1. The van der Waals surface area contributed by atoms with Crippen LogP contribution >= 0.6 is 11.3 Å². The van der Waals surface area contributed by atoms with E-state index in [1.54, 1.807) is 23.5 Å². The number of carboxylic acid groups (broad SMARTS) is 1. The third kappa shape index (κ3) is 6.77. The number of hydrogen-bond donors (Lipinski definition) is 2. The van der Waals surface area contributed by atoms with Crippen LogP contribution in [-0.4, -0.2) is 28.5 Å². The summed E-state index contributed by atoms with van der Waals surface area (Å²) in [5.41, 5.74) is 6.16. The highest BCUT2D eigenvalue weighted by Crippen LogP contribution is 2.38. The second-order valence-corrected chi connectivity index (χ2v) is 11.6. The molecule has 1 aliphatic rings. The zero-order valence-corrected chi connectivity index (χ0v) is 23.6. The molecular weight excluding hydrogens is 518 g/mol. The molecule has 1 heterocycles. The highest BCUT2D eigenvalue weighted by Gasteiger charge is 2.20. The lowest BCUT2D eigenvalue weighted by molar-refractivity contribution is -0.136. The van der Waals surface area contributed by atoms with E-state index in [0.29, 0.717) is 18.0 Å². The van der Waals surface area contributed by atoms with Gasteiger partial charge in [-0.2, -0.15) is 0 Å². The number of nitrogens with zero attached hydrogens (tertiary/aromatic N) is 2. The fourth-order valence-corrected chi connectivity index (χ4v) is 6.27. The van der Waals surface area contributed by atoms with Crippen LogP contribution in [0.5, 0.6) is 0 Å². The van der Waals surface area contributed by atoms with Gasteiger partial charge in [-0.1, -0.05) is 73.9 Å². The van der Waals surface area contributed by atoms with E-state index in [0.717, 1.165) is 27.6 Å². The smallest absolute Gasteiger partial charge is 0.305 e. The molecule has 206 valence electrons. The van der Waals surface area contributed by atoms with Crippen molar-refractivity contribution in [1.29, 1.82) is 0 Å². The van der Waals surface area contributed by atoms with Crippen LogP contribution in [0.4, 0.5) is 10.8 Å². The lowest BCUT2D eigenvalue weighted by Gasteiger charge is -2.25. The number of aliphatic carboxylic acids is 1. The lowest BCUT2D eigenvalue weighted by atomic mass is 9.84. The summed E-state index contributed by atoms with van der Waals surface area (Å²) in [6.45, 7) is 2.82. The Morgan fingerprint density at radius 3 is 2.33 bits per heavy atom. The lowest BCUT2D eigenvalue weighted by Crippen LogP contribution is -2.26. The van der Waals surface area contributed by atoms with E-state index in [4.69, 9.17) is 10.1 Å². The highest BCUT2D eigenvalue weighted by atomic mass is 32.1. The Hall–Kier alpha value is -3.97. The molecule has 2 N–H and O–H groups in total. The fraction of sp³-hybridized carbons (Fsp3) is 0.303. The van der Waals surface area contributed by atoms with Gasteiger partial charge in [-0.25, -0.2) is 4.98 Å². The summed E-state index contributed by atoms with van der Waals surface area (Å²) in [7, 11) is 0. The number of nitrogens with one attached hydrogen (secondary N) is 1. The van der Waals surface area contributed by atoms with E-state index < -0.39 is 5.97 Å². The van der Waals surface area contributed by atoms with Crippen molar-refractivity contribution >= 4 is 34.0 Å². The fourth-order valence-electron chi connectivity index (χ4n) is 5.32. The molecule has 0 aliphatic heterocycles. The quantitative estimate of drug-likeness (QED) is 0.210. The third-order valence-electron chi connectivity index (χ3n) is 7.53. The van der Waals surface area contributed by atoms with E-state index in [2.05, 4.69) is 53.5 Å². The first-order valence-corrected chi connectivity index (χ1v) is 14.8. The summed E-state index contributed by atoms with van der Waals surface area (Å²) in [5, 5.41) is 12.4. The number of carbonyl (C=O) groups is 2. The Balaban J connectivity index is 1.40. The number of hydrogen-bond acceptors (Lipinski definition) is 5. The van der Waals surface area contributed by atoms with E-state index in [9.17, 15) is 9.59 Å². The first-order valence-electron chi connectivity index (χ1n) is 14.0. The maximum Gasteiger partial charge on any atom is 0.305 e. The van der Waals surface area contributed by atoms with Crippen molar-refractivity contribution in [1.82, 2.24) is 10.3 Å². The summed E-state index contributed by atoms with van der Waals surface area (Å²) < 4.78 is 0. The minimum Gasteiger partial charge on any atom is -0.481 e. The van der Waals surface area contributed by atoms with Crippen LogP contribution in [0.2, 0.25) is 0 Å². The molecule has 1 amide bonds. The number of anilines is 2. The van der Waals surface area contributed by atoms with Gasteiger partial charge in [0.2, 0.25) is 0 Å². The number of aryl methyl sites for hydroxylation is 1. The van der Waals surface area contributed by atoms with Crippen LogP contribution in [0, 0.1) is 6.92 Å². The topological polar surface area (TPSA) is 82.5 Å². The Morgan fingerprint density at radius 1 is 0.950 bits per heavy atom. The second-order valence-electron chi connectivity index (χ2n) is 10.4. The first kappa shape index (κ1) is 27.6. The van der Waals surface area contributed by atoms with Crippen molar-refractivity contribution in [3.63, 3.8) is 0 Å². The molecule has 1 aliphatic carbocycles. The Bertz CT molecular complexity index is 1430. The normalized spacial score (nSPS) is 13.6. The molecule has 0 unspecified atom stereocenters. The van der Waals surface area contributed by atoms with Gasteiger partial charge < -0.3 is 15.3 Å². The molecule has 0 bridgehead atoms. The summed E-state index contributed by atoms with van der Waals surface area (Å²) in [6, 6.07) is 26.7. The zero-order valence-electron chi connectivity index (χ0n) is 22.8. The molecule has 0 radical (unpaired) electrons. The van der Waals surface area contributed by atoms with Gasteiger partial charge in [-0.15, -0.1) is 11.3 Å². The Labute approximate surface area is 239 Å². The summed E-state index contributed by atoms with van der Waals surface area (Å²) in [6.07, 6.45) is 6.41. The van der Waals surface area contributed by atoms with Crippen molar-refractivity contribution in [3.05, 3.63) is 100 Å². The van der Waals surface area contributed by atoms with Crippen LogP contribution in [0.15, 0.2) is 78.9 Å². The number of benzene rings is 3. The van der Waals surface area contributed by atoms with E-state index in [-0.39, 0.29) is 18.9 Å². The van der Waals surface area contributed by atoms with Gasteiger partial charge in [0.25, 0.3) is 5.91 Å². The van der Waals surface area contributed by atoms with E-state index in [1.807, 2.05) is 30.3 Å². The van der Waals surface area contributed by atoms with Crippen molar-refractivity contribution in [2.24, 2.45) is 0 Å². The Morgan fingerprint density at radius 2 is 1.65 bits per heavy atom. The molecule has 1 aromatic heterocycles. The van der Waals surface area contributed by atoms with Crippen LogP contribution in [-0.2, 0) is 11.3 Å². The van der Waals surface area contributed by atoms with Crippen LogP contribution in [0.25, 0.3) is 11.3 Å². The predicted octanol–water partition coefficient (Wildman–Crippen LogP) is 7.71. The van der Waals surface area contributed by atoms with Crippen molar-refractivity contribution in [2.75, 3.05) is 11.4 Å². The molecule has 1 fully saturated rings. The maximum absolute atomic E-state index is 12.4. The standard InChI is InChI=1S/C33H35N3O3S/c1-23-31(27-10-6-3-7-11-27)35-33(40-23)36(29-18-16-26(17-19-29)25-8-4-2-5-9-25)22-24-12-14-28(15-13-24)32(39)34-21-20-30(37)38/h3,6-7,10-19,25H,2,4-5,8-9,20-22H2,1H3,(H,34,39)(H,37,38). The second kappa shape index (κ2) is 12.9. The van der Waals surface area contributed by atoms with Crippen LogP contribution in [0.3, 0.4) is 0 Å². The van der Waals surface area contributed by atoms with Crippen molar-refractivity contribution in [3.8, 4) is 11.3 Å². The van der Waals surface area contributed by atoms with Gasteiger partial charge in [0, 0.05) is 28.2 Å². The summed E-state index contributed by atoms with van der Waals surface area (Å²) in [4.78, 5) is 31.7. The number of carboxylic acids is 1. The van der Waals surface area contributed by atoms with E-state index >= 15 is 0 Å². The van der Waals surface area contributed by atoms with E-state index in [1.165, 1.54) is 42.5 Å². The molecule has 40 heavy (non-hydrogen) atoms. The van der Waals surface area contributed by atoms with Crippen LogP contribution < -0.4 is 10.2 Å². The van der Waals surface area contributed by atoms with Crippen molar-refractivity contribution in [2.45, 2.75) is 57.9 Å². The van der Waals surface area contributed by atoms with Crippen molar-refractivity contribution < 1.29 is 14.7 Å². The molecule has 6 nitrogen and oxygen atoms in total. The van der Waals surface area contributed by atoms with Gasteiger partial charge in [-0.05, 0) is 61.1 Å². The average Bonchev–Trinajstić information content (AvgIpc) is 3.38. The number of amides is 1. The Kier molecular flexibility index (Phi) is 8.91. The number of thiazole rings is 1. The monoisotopic (exact) mass is 553 g/mol. The maximum atomic E-state index is 12.4. The minimum atomic E-state index is -0.935. The number of rotatable bonds is 10. The number of aromatic nitrogens is 1. The highest BCUT2D eigenvalue weighted by molar-refractivity contribution is 7.16. The molecule has 4 aromatic rings. The molecule has 0 atom stereocenters. The molecule has 0 saturated heterocycles. The van der Waals surface area contributed by atoms with Gasteiger partial charge in [0.15, 0.2) is 5.13 Å². The predicted molar refractivity (Wildman–Crippen MR) is 161 cm³/mol. The third-order valence-corrected chi connectivity index (χ3v) is 8.52. The summed E-state index contributed by atoms with van der Waals surface area (Å²) >= 11 is 1.69. The first-order chi connectivity index (χ1) is 19.5. The molecule has 5 rings (SSSR count). The van der Waals surface area contributed by atoms with Gasteiger partial charge in [-0.3, -0.25) is 9.59 Å². The molecule has 3 aromatic carbocycles. The van der Waals surface area contributed by atoms with Gasteiger partial charge in [0.1, 0.15) is 0 Å². The van der Waals surface area contributed by atoms with Gasteiger partial charge in [0.05, 0.1) is 18.7 Å². The largest absolute Gasteiger partial charge is 0.481 e. The molecule has 0 spiro atoms. The molecular formula is C33H35N3O3S. The average molecular weight is 554 g/mol. The van der Waals surface area contributed by atoms with Gasteiger partial charge >= 0.3 is 5.97 Å². The van der Waals surface area contributed by atoms with Crippen LogP contribution in [0.1, 0.15) is 70.8 Å².